The standard InChI is InChI=1S/C16H20N2O2S/c1-4-5-14-6-8-15(9-7-14)21(19,20)18-16-11-12(2)10-13(3)17-16/h6-11H,4-5H2,1-3H3,(H,17,18). The van der Waals surface area contributed by atoms with Crippen molar-refractivity contribution in [2.24, 2.45) is 0 Å². The molecule has 1 aromatic heterocycles. The molecule has 0 saturated heterocycles. The Morgan fingerprint density at radius 3 is 2.33 bits per heavy atom. The van der Waals surface area contributed by atoms with Gasteiger partial charge in [-0.2, -0.15) is 0 Å². The summed E-state index contributed by atoms with van der Waals surface area (Å²) in [6.07, 6.45) is 1.99. The van der Waals surface area contributed by atoms with Crippen LogP contribution in [-0.2, 0) is 16.4 Å². The predicted octanol–water partition coefficient (Wildman–Crippen LogP) is 3.45. The van der Waals surface area contributed by atoms with Gasteiger partial charge in [-0.15, -0.1) is 0 Å². The molecule has 112 valence electrons. The molecule has 2 rings (SSSR count). The summed E-state index contributed by atoms with van der Waals surface area (Å²) in [4.78, 5) is 4.45. The summed E-state index contributed by atoms with van der Waals surface area (Å²) in [7, 11) is -3.59. The number of pyridine rings is 1. The van der Waals surface area contributed by atoms with Crippen LogP contribution in [0.4, 0.5) is 5.82 Å². The van der Waals surface area contributed by atoms with Crippen LogP contribution in [0.1, 0.15) is 30.2 Å². The van der Waals surface area contributed by atoms with Crippen LogP contribution in [0, 0.1) is 13.8 Å². The van der Waals surface area contributed by atoms with Crippen molar-refractivity contribution in [3.8, 4) is 0 Å². The molecule has 0 unspecified atom stereocenters. The van der Waals surface area contributed by atoms with Gasteiger partial charge < -0.3 is 0 Å². The Hall–Kier alpha value is -1.88. The molecule has 0 spiro atoms. The molecule has 2 aromatic rings. The maximum atomic E-state index is 12.3. The lowest BCUT2D eigenvalue weighted by Crippen LogP contribution is -2.14. The van der Waals surface area contributed by atoms with E-state index in [0.29, 0.717) is 5.82 Å². The third-order valence-electron chi connectivity index (χ3n) is 3.11. The van der Waals surface area contributed by atoms with Crippen LogP contribution in [-0.4, -0.2) is 13.4 Å². The Labute approximate surface area is 126 Å². The van der Waals surface area contributed by atoms with Gasteiger partial charge in [0.05, 0.1) is 4.90 Å². The van der Waals surface area contributed by atoms with Crippen LogP contribution in [0.15, 0.2) is 41.3 Å². The Kier molecular flexibility index (Phi) is 4.63. The molecule has 5 heteroatoms. The number of aryl methyl sites for hydroxylation is 3. The molecule has 0 atom stereocenters. The number of benzene rings is 1. The van der Waals surface area contributed by atoms with Gasteiger partial charge in [0.15, 0.2) is 0 Å². The van der Waals surface area contributed by atoms with Crippen molar-refractivity contribution in [2.75, 3.05) is 4.72 Å². The zero-order valence-electron chi connectivity index (χ0n) is 12.6. The quantitative estimate of drug-likeness (QED) is 0.920. The van der Waals surface area contributed by atoms with E-state index in [2.05, 4.69) is 16.6 Å². The summed E-state index contributed by atoms with van der Waals surface area (Å²) in [6, 6.07) is 10.6. The largest absolute Gasteiger partial charge is 0.263 e. The van der Waals surface area contributed by atoms with Gasteiger partial charge in [0.25, 0.3) is 10.0 Å². The molecule has 21 heavy (non-hydrogen) atoms. The summed E-state index contributed by atoms with van der Waals surface area (Å²) in [5, 5.41) is 0. The predicted molar refractivity (Wildman–Crippen MR) is 85.0 cm³/mol. The molecule has 0 fully saturated rings. The molecule has 0 radical (unpaired) electrons. The van der Waals surface area contributed by atoms with Crippen LogP contribution in [0.2, 0.25) is 0 Å². The molecule has 0 bridgehead atoms. The molecule has 1 N–H and O–H groups in total. The van der Waals surface area contributed by atoms with Gasteiger partial charge >= 0.3 is 0 Å². The lowest BCUT2D eigenvalue weighted by atomic mass is 10.1. The van der Waals surface area contributed by atoms with Gasteiger partial charge in [0, 0.05) is 5.69 Å². The summed E-state index contributed by atoms with van der Waals surface area (Å²) in [6.45, 7) is 5.84. The third kappa shape index (κ3) is 4.04. The van der Waals surface area contributed by atoms with Gasteiger partial charge in [-0.05, 0) is 55.7 Å². The monoisotopic (exact) mass is 304 g/mol. The number of rotatable bonds is 5. The maximum absolute atomic E-state index is 12.3. The van der Waals surface area contributed by atoms with E-state index in [-0.39, 0.29) is 4.90 Å². The summed E-state index contributed by atoms with van der Waals surface area (Å²) >= 11 is 0. The summed E-state index contributed by atoms with van der Waals surface area (Å²) < 4.78 is 27.2. The number of hydrogen-bond acceptors (Lipinski definition) is 3. The van der Waals surface area contributed by atoms with Crippen molar-refractivity contribution < 1.29 is 8.42 Å². The fourth-order valence-corrected chi connectivity index (χ4v) is 3.21. The second-order valence-electron chi connectivity index (χ2n) is 5.17. The topological polar surface area (TPSA) is 59.1 Å². The van der Waals surface area contributed by atoms with Crippen molar-refractivity contribution in [1.82, 2.24) is 4.98 Å². The molecular weight excluding hydrogens is 284 g/mol. The average Bonchev–Trinajstić information content (AvgIpc) is 2.38. The van der Waals surface area contributed by atoms with E-state index >= 15 is 0 Å². The van der Waals surface area contributed by atoms with E-state index in [1.807, 2.05) is 32.0 Å². The second-order valence-corrected chi connectivity index (χ2v) is 6.85. The Morgan fingerprint density at radius 1 is 1.10 bits per heavy atom. The van der Waals surface area contributed by atoms with Gasteiger partial charge in [-0.1, -0.05) is 25.5 Å². The van der Waals surface area contributed by atoms with Gasteiger partial charge in [-0.25, -0.2) is 13.4 Å². The van der Waals surface area contributed by atoms with E-state index in [9.17, 15) is 8.42 Å². The first-order valence-electron chi connectivity index (χ1n) is 6.98. The first-order chi connectivity index (χ1) is 9.90. The maximum Gasteiger partial charge on any atom is 0.263 e. The van der Waals surface area contributed by atoms with E-state index in [1.165, 1.54) is 0 Å². The van der Waals surface area contributed by atoms with E-state index in [4.69, 9.17) is 0 Å². The van der Waals surface area contributed by atoms with Crippen LogP contribution in [0.3, 0.4) is 0 Å². The first-order valence-corrected chi connectivity index (χ1v) is 8.46. The second kappa shape index (κ2) is 6.26. The zero-order chi connectivity index (χ0) is 15.5. The summed E-state index contributed by atoms with van der Waals surface area (Å²) in [5.41, 5.74) is 2.89. The summed E-state index contributed by atoms with van der Waals surface area (Å²) in [5.74, 6) is 0.352. The van der Waals surface area contributed by atoms with Crippen molar-refractivity contribution in [3.63, 3.8) is 0 Å². The van der Waals surface area contributed by atoms with E-state index < -0.39 is 10.0 Å². The lowest BCUT2D eigenvalue weighted by molar-refractivity contribution is 0.601. The van der Waals surface area contributed by atoms with Gasteiger partial charge in [-0.3, -0.25) is 4.72 Å². The highest BCUT2D eigenvalue weighted by Crippen LogP contribution is 2.17. The average molecular weight is 304 g/mol. The van der Waals surface area contributed by atoms with Gasteiger partial charge in [0.1, 0.15) is 5.82 Å². The molecule has 0 aliphatic rings. The number of hydrogen-bond donors (Lipinski definition) is 1. The molecule has 0 saturated carbocycles. The molecule has 1 aromatic carbocycles. The third-order valence-corrected chi connectivity index (χ3v) is 4.48. The van der Waals surface area contributed by atoms with Crippen LogP contribution >= 0.6 is 0 Å². The molecule has 0 amide bonds. The molecule has 4 nitrogen and oxygen atoms in total. The highest BCUT2D eigenvalue weighted by atomic mass is 32.2. The van der Waals surface area contributed by atoms with E-state index in [1.54, 1.807) is 18.2 Å². The van der Waals surface area contributed by atoms with E-state index in [0.717, 1.165) is 29.7 Å². The molecule has 0 aliphatic carbocycles. The fraction of sp³-hybridized carbons (Fsp3) is 0.312. The van der Waals surface area contributed by atoms with Crippen LogP contribution in [0.25, 0.3) is 0 Å². The normalized spacial score (nSPS) is 11.4. The lowest BCUT2D eigenvalue weighted by Gasteiger charge is -2.09. The minimum Gasteiger partial charge on any atom is -0.263 e. The Morgan fingerprint density at radius 2 is 1.76 bits per heavy atom. The van der Waals surface area contributed by atoms with Gasteiger partial charge in [0.2, 0.25) is 0 Å². The number of nitrogens with one attached hydrogen (secondary N) is 1. The SMILES string of the molecule is CCCc1ccc(S(=O)(=O)Nc2cc(C)cc(C)n2)cc1. The van der Waals surface area contributed by atoms with Crippen LogP contribution in [0.5, 0.6) is 0 Å². The first kappa shape index (κ1) is 15.5. The number of nitrogens with zero attached hydrogens (tertiary/aromatic N) is 1. The molecule has 1 heterocycles. The highest BCUT2D eigenvalue weighted by molar-refractivity contribution is 7.92. The Bertz CT molecular complexity index is 702. The van der Waals surface area contributed by atoms with Crippen molar-refractivity contribution >= 4 is 15.8 Å². The van der Waals surface area contributed by atoms with Crippen molar-refractivity contribution in [2.45, 2.75) is 38.5 Å². The van der Waals surface area contributed by atoms with Crippen molar-refractivity contribution in [1.29, 1.82) is 0 Å². The fourth-order valence-electron chi connectivity index (χ4n) is 2.21. The number of anilines is 1. The number of sulfonamides is 1. The highest BCUT2D eigenvalue weighted by Gasteiger charge is 2.15. The zero-order valence-corrected chi connectivity index (χ0v) is 13.4. The smallest absolute Gasteiger partial charge is 0.263 e. The van der Waals surface area contributed by atoms with Crippen LogP contribution < -0.4 is 4.72 Å². The molecular formula is C16H20N2O2S. The minimum absolute atomic E-state index is 0.253. The minimum atomic E-state index is -3.59. The molecule has 0 aliphatic heterocycles. The van der Waals surface area contributed by atoms with Crippen molar-refractivity contribution in [3.05, 3.63) is 53.2 Å². The Balaban J connectivity index is 2.25. The number of aromatic nitrogens is 1.